The van der Waals surface area contributed by atoms with Gasteiger partial charge in [-0.3, -0.25) is 0 Å². The maximum Gasteiger partial charge on any atom is 0.172 e. The fraction of sp³-hybridized carbons (Fsp3) is 0.750. The summed E-state index contributed by atoms with van der Waals surface area (Å²) in [6.45, 7) is 1.90. The van der Waals surface area contributed by atoms with E-state index in [2.05, 4.69) is 10.1 Å². The second-order valence-electron chi connectivity index (χ2n) is 5.02. The van der Waals surface area contributed by atoms with Gasteiger partial charge in [0, 0.05) is 18.7 Å². The molecule has 1 aliphatic carbocycles. The van der Waals surface area contributed by atoms with Crippen LogP contribution in [0.25, 0.3) is 0 Å². The Morgan fingerprint density at radius 1 is 1.44 bits per heavy atom. The molecule has 4 nitrogen and oxygen atoms in total. The van der Waals surface area contributed by atoms with Crippen molar-refractivity contribution < 1.29 is 4.52 Å². The van der Waals surface area contributed by atoms with Crippen LogP contribution in [-0.4, -0.2) is 24.3 Å². The van der Waals surface area contributed by atoms with Gasteiger partial charge in [0.15, 0.2) is 5.82 Å². The molecule has 16 heavy (non-hydrogen) atoms. The molecule has 2 heterocycles. The Kier molecular flexibility index (Phi) is 2.59. The van der Waals surface area contributed by atoms with Crippen LogP contribution in [0.2, 0.25) is 0 Å². The standard InChI is InChI=1S/C12H19N3O/c13-8-10-2-1-6-15(11-5-7-16-14-11)12(10)9-3-4-9/h5,7,9-10,12H,1-4,6,8,13H2/t10-,12-/m1/s1. The van der Waals surface area contributed by atoms with E-state index in [4.69, 9.17) is 10.3 Å². The van der Waals surface area contributed by atoms with Crippen molar-refractivity contribution in [2.75, 3.05) is 18.0 Å². The van der Waals surface area contributed by atoms with Gasteiger partial charge in [0.25, 0.3) is 0 Å². The maximum atomic E-state index is 5.90. The second kappa shape index (κ2) is 4.09. The molecule has 3 rings (SSSR count). The molecule has 0 amide bonds. The summed E-state index contributed by atoms with van der Waals surface area (Å²) in [6.07, 6.45) is 6.86. The number of rotatable bonds is 3. The van der Waals surface area contributed by atoms with Crippen molar-refractivity contribution in [1.82, 2.24) is 5.16 Å². The highest BCUT2D eigenvalue weighted by molar-refractivity contribution is 5.39. The number of aromatic nitrogens is 1. The maximum absolute atomic E-state index is 5.90. The molecule has 0 unspecified atom stereocenters. The summed E-state index contributed by atoms with van der Waals surface area (Å²) >= 11 is 0. The van der Waals surface area contributed by atoms with Gasteiger partial charge in [0.1, 0.15) is 6.26 Å². The van der Waals surface area contributed by atoms with Crippen molar-refractivity contribution in [3.05, 3.63) is 12.3 Å². The Morgan fingerprint density at radius 3 is 2.94 bits per heavy atom. The lowest BCUT2D eigenvalue weighted by Crippen LogP contribution is -2.49. The fourth-order valence-corrected chi connectivity index (χ4v) is 3.05. The van der Waals surface area contributed by atoms with E-state index in [9.17, 15) is 0 Å². The third-order valence-electron chi connectivity index (χ3n) is 3.94. The molecule has 1 aromatic heterocycles. The molecule has 4 heteroatoms. The fourth-order valence-electron chi connectivity index (χ4n) is 3.05. The molecule has 1 saturated carbocycles. The van der Waals surface area contributed by atoms with Crippen LogP contribution in [0.5, 0.6) is 0 Å². The van der Waals surface area contributed by atoms with Gasteiger partial charge in [-0.15, -0.1) is 0 Å². The third-order valence-corrected chi connectivity index (χ3v) is 3.94. The smallest absolute Gasteiger partial charge is 0.172 e. The Hall–Kier alpha value is -1.03. The zero-order valence-electron chi connectivity index (χ0n) is 9.51. The van der Waals surface area contributed by atoms with Gasteiger partial charge in [-0.1, -0.05) is 5.16 Å². The normalized spacial score (nSPS) is 30.7. The number of piperidine rings is 1. The van der Waals surface area contributed by atoms with Crippen molar-refractivity contribution in [2.45, 2.75) is 31.7 Å². The van der Waals surface area contributed by atoms with Gasteiger partial charge in [-0.2, -0.15) is 0 Å². The van der Waals surface area contributed by atoms with Gasteiger partial charge in [0.2, 0.25) is 0 Å². The van der Waals surface area contributed by atoms with E-state index in [1.54, 1.807) is 6.26 Å². The molecule has 2 aliphatic rings. The highest BCUT2D eigenvalue weighted by Gasteiger charge is 2.42. The minimum absolute atomic E-state index is 0.601. The number of hydrogen-bond donors (Lipinski definition) is 1. The highest BCUT2D eigenvalue weighted by Crippen LogP contribution is 2.42. The Balaban J connectivity index is 1.84. The highest BCUT2D eigenvalue weighted by atomic mass is 16.5. The van der Waals surface area contributed by atoms with E-state index in [0.29, 0.717) is 12.0 Å². The lowest BCUT2D eigenvalue weighted by molar-refractivity contribution is 0.296. The Labute approximate surface area is 95.8 Å². The molecule has 2 N–H and O–H groups in total. The third kappa shape index (κ3) is 1.71. The number of nitrogens with zero attached hydrogens (tertiary/aromatic N) is 2. The monoisotopic (exact) mass is 221 g/mol. The predicted octanol–water partition coefficient (Wildman–Crippen LogP) is 1.63. The molecule has 2 atom stereocenters. The molecule has 0 radical (unpaired) electrons. The van der Waals surface area contributed by atoms with Crippen LogP contribution in [0.1, 0.15) is 25.7 Å². The summed E-state index contributed by atoms with van der Waals surface area (Å²) < 4.78 is 4.96. The second-order valence-corrected chi connectivity index (χ2v) is 5.02. The summed E-state index contributed by atoms with van der Waals surface area (Å²) in [6, 6.07) is 2.57. The first kappa shape index (κ1) is 10.1. The van der Waals surface area contributed by atoms with Gasteiger partial charge in [-0.05, 0) is 44.1 Å². The van der Waals surface area contributed by atoms with Crippen molar-refractivity contribution in [3.63, 3.8) is 0 Å². The predicted molar refractivity (Wildman–Crippen MR) is 62.1 cm³/mol. The first-order valence-corrected chi connectivity index (χ1v) is 6.27. The van der Waals surface area contributed by atoms with E-state index >= 15 is 0 Å². The average Bonchev–Trinajstić information content (AvgIpc) is 3.02. The van der Waals surface area contributed by atoms with E-state index in [1.165, 1.54) is 25.7 Å². The molecule has 0 aromatic carbocycles. The van der Waals surface area contributed by atoms with Crippen LogP contribution in [0.3, 0.4) is 0 Å². The Morgan fingerprint density at radius 2 is 2.31 bits per heavy atom. The van der Waals surface area contributed by atoms with Crippen LogP contribution in [-0.2, 0) is 0 Å². The van der Waals surface area contributed by atoms with Crippen LogP contribution in [0, 0.1) is 11.8 Å². The summed E-state index contributed by atoms with van der Waals surface area (Å²) in [7, 11) is 0. The van der Waals surface area contributed by atoms with Crippen LogP contribution in [0.15, 0.2) is 16.9 Å². The quantitative estimate of drug-likeness (QED) is 0.842. The molecule has 2 fully saturated rings. The molecular formula is C12H19N3O. The molecule has 88 valence electrons. The van der Waals surface area contributed by atoms with E-state index in [0.717, 1.165) is 24.8 Å². The largest absolute Gasteiger partial charge is 0.363 e. The summed E-state index contributed by atoms with van der Waals surface area (Å²) in [5, 5.41) is 4.08. The summed E-state index contributed by atoms with van der Waals surface area (Å²) in [5.41, 5.74) is 5.90. The molecule has 1 saturated heterocycles. The molecule has 0 spiro atoms. The lowest BCUT2D eigenvalue weighted by Gasteiger charge is -2.41. The Bertz CT molecular complexity index is 334. The van der Waals surface area contributed by atoms with Crippen molar-refractivity contribution in [3.8, 4) is 0 Å². The van der Waals surface area contributed by atoms with Crippen LogP contribution >= 0.6 is 0 Å². The van der Waals surface area contributed by atoms with Crippen molar-refractivity contribution in [1.29, 1.82) is 0 Å². The SMILES string of the molecule is NC[C@H]1CCCN(c2ccon2)[C@@H]1C1CC1. The van der Waals surface area contributed by atoms with Gasteiger partial charge < -0.3 is 15.2 Å². The first-order chi connectivity index (χ1) is 7.90. The van der Waals surface area contributed by atoms with Crippen LogP contribution in [0.4, 0.5) is 5.82 Å². The van der Waals surface area contributed by atoms with E-state index in [1.807, 2.05) is 6.07 Å². The first-order valence-electron chi connectivity index (χ1n) is 6.27. The zero-order chi connectivity index (χ0) is 11.0. The number of nitrogens with two attached hydrogens (primary N) is 1. The number of hydrogen-bond acceptors (Lipinski definition) is 4. The molecular weight excluding hydrogens is 202 g/mol. The van der Waals surface area contributed by atoms with E-state index in [-0.39, 0.29) is 0 Å². The number of anilines is 1. The van der Waals surface area contributed by atoms with Crippen molar-refractivity contribution in [2.24, 2.45) is 17.6 Å². The van der Waals surface area contributed by atoms with Gasteiger partial charge in [0.05, 0.1) is 0 Å². The summed E-state index contributed by atoms with van der Waals surface area (Å²) in [5.74, 6) is 2.47. The lowest BCUT2D eigenvalue weighted by atomic mass is 9.86. The topological polar surface area (TPSA) is 55.3 Å². The minimum atomic E-state index is 0.601. The van der Waals surface area contributed by atoms with Gasteiger partial charge >= 0.3 is 0 Å². The molecule has 1 aliphatic heterocycles. The minimum Gasteiger partial charge on any atom is -0.363 e. The summed E-state index contributed by atoms with van der Waals surface area (Å²) in [4.78, 5) is 2.42. The van der Waals surface area contributed by atoms with Crippen molar-refractivity contribution >= 4 is 5.82 Å². The van der Waals surface area contributed by atoms with Crippen LogP contribution < -0.4 is 10.6 Å². The van der Waals surface area contributed by atoms with E-state index < -0.39 is 0 Å². The zero-order valence-corrected chi connectivity index (χ0v) is 9.51. The molecule has 1 aromatic rings. The molecule has 0 bridgehead atoms. The average molecular weight is 221 g/mol. The van der Waals surface area contributed by atoms with Gasteiger partial charge in [-0.25, -0.2) is 0 Å².